The van der Waals surface area contributed by atoms with Crippen molar-refractivity contribution in [1.82, 2.24) is 4.90 Å². The van der Waals surface area contributed by atoms with E-state index in [-0.39, 0.29) is 0 Å². The van der Waals surface area contributed by atoms with Gasteiger partial charge in [0.25, 0.3) is 0 Å². The fourth-order valence-corrected chi connectivity index (χ4v) is 2.92. The Bertz CT molecular complexity index is 373. The van der Waals surface area contributed by atoms with E-state index in [0.717, 1.165) is 28.9 Å². The summed E-state index contributed by atoms with van der Waals surface area (Å²) in [6, 6.07) is 5.90. The molecule has 0 bridgehead atoms. The average Bonchev–Trinajstić information content (AvgIpc) is 2.60. The van der Waals surface area contributed by atoms with Crippen LogP contribution in [-0.2, 0) is 0 Å². The standard InChI is InChI=1S/C14H22BrN3/c15-13-11-12(16)5-6-14(13)17-7-10-18-8-3-1-2-4-9-18/h5-6,11,17H,1-4,7-10,16H2. The fourth-order valence-electron chi connectivity index (χ4n) is 2.38. The van der Waals surface area contributed by atoms with Gasteiger partial charge in [0.2, 0.25) is 0 Å². The highest BCUT2D eigenvalue weighted by Crippen LogP contribution is 2.24. The molecule has 1 aliphatic heterocycles. The SMILES string of the molecule is Nc1ccc(NCCN2CCCCCC2)c(Br)c1. The van der Waals surface area contributed by atoms with E-state index in [4.69, 9.17) is 5.73 Å². The van der Waals surface area contributed by atoms with Gasteiger partial charge in [-0.15, -0.1) is 0 Å². The van der Waals surface area contributed by atoms with Crippen LogP contribution in [0.4, 0.5) is 11.4 Å². The molecule has 1 aromatic rings. The molecule has 4 heteroatoms. The van der Waals surface area contributed by atoms with Crippen molar-refractivity contribution in [3.63, 3.8) is 0 Å². The van der Waals surface area contributed by atoms with Gasteiger partial charge >= 0.3 is 0 Å². The molecule has 0 spiro atoms. The van der Waals surface area contributed by atoms with Gasteiger partial charge in [0, 0.05) is 28.9 Å². The topological polar surface area (TPSA) is 41.3 Å². The Morgan fingerprint density at radius 1 is 1.17 bits per heavy atom. The maximum atomic E-state index is 5.72. The molecule has 1 aliphatic rings. The van der Waals surface area contributed by atoms with Crippen LogP contribution in [0.15, 0.2) is 22.7 Å². The summed E-state index contributed by atoms with van der Waals surface area (Å²) in [5.41, 5.74) is 7.64. The second kappa shape index (κ2) is 7.00. The van der Waals surface area contributed by atoms with Crippen molar-refractivity contribution in [2.45, 2.75) is 25.7 Å². The third-order valence-electron chi connectivity index (χ3n) is 3.44. The summed E-state index contributed by atoms with van der Waals surface area (Å²) >= 11 is 3.53. The maximum Gasteiger partial charge on any atom is 0.0486 e. The van der Waals surface area contributed by atoms with Crippen LogP contribution < -0.4 is 11.1 Å². The molecule has 0 atom stereocenters. The van der Waals surface area contributed by atoms with Crippen molar-refractivity contribution in [3.8, 4) is 0 Å². The molecule has 0 saturated carbocycles. The highest BCUT2D eigenvalue weighted by molar-refractivity contribution is 9.10. The Balaban J connectivity index is 1.77. The molecule has 0 amide bonds. The van der Waals surface area contributed by atoms with E-state index in [2.05, 4.69) is 26.1 Å². The third kappa shape index (κ3) is 4.18. The van der Waals surface area contributed by atoms with Gasteiger partial charge < -0.3 is 16.0 Å². The van der Waals surface area contributed by atoms with Crippen LogP contribution >= 0.6 is 15.9 Å². The van der Waals surface area contributed by atoms with Crippen LogP contribution in [0.25, 0.3) is 0 Å². The lowest BCUT2D eigenvalue weighted by atomic mass is 10.2. The van der Waals surface area contributed by atoms with Gasteiger partial charge in [0.15, 0.2) is 0 Å². The van der Waals surface area contributed by atoms with E-state index in [0.29, 0.717) is 0 Å². The number of nitrogens with one attached hydrogen (secondary N) is 1. The first-order valence-electron chi connectivity index (χ1n) is 6.77. The first-order valence-corrected chi connectivity index (χ1v) is 7.56. The van der Waals surface area contributed by atoms with Gasteiger partial charge in [0.05, 0.1) is 0 Å². The third-order valence-corrected chi connectivity index (χ3v) is 4.09. The summed E-state index contributed by atoms with van der Waals surface area (Å²) in [7, 11) is 0. The summed E-state index contributed by atoms with van der Waals surface area (Å²) in [5.74, 6) is 0. The summed E-state index contributed by atoms with van der Waals surface area (Å²) in [5, 5.41) is 3.46. The lowest BCUT2D eigenvalue weighted by Gasteiger charge is -2.20. The quantitative estimate of drug-likeness (QED) is 0.838. The zero-order chi connectivity index (χ0) is 12.8. The molecule has 2 rings (SSSR count). The van der Waals surface area contributed by atoms with Crippen LogP contribution in [0, 0.1) is 0 Å². The van der Waals surface area contributed by atoms with Gasteiger partial charge in [-0.3, -0.25) is 0 Å². The van der Waals surface area contributed by atoms with Crippen molar-refractivity contribution >= 4 is 27.3 Å². The molecule has 3 N–H and O–H groups in total. The number of likely N-dealkylation sites (tertiary alicyclic amines) is 1. The zero-order valence-electron chi connectivity index (χ0n) is 10.8. The minimum absolute atomic E-state index is 0.792. The number of benzene rings is 1. The lowest BCUT2D eigenvalue weighted by Crippen LogP contribution is -2.30. The molecule has 1 aromatic carbocycles. The number of anilines is 2. The second-order valence-corrected chi connectivity index (χ2v) is 5.78. The van der Waals surface area contributed by atoms with Gasteiger partial charge in [-0.25, -0.2) is 0 Å². The number of nitrogen functional groups attached to an aromatic ring is 1. The maximum absolute atomic E-state index is 5.72. The molecule has 1 saturated heterocycles. The molecular weight excluding hydrogens is 290 g/mol. The van der Waals surface area contributed by atoms with E-state index >= 15 is 0 Å². The predicted octanol–water partition coefficient (Wildman–Crippen LogP) is 3.32. The normalized spacial score (nSPS) is 17.4. The first-order chi connectivity index (χ1) is 8.75. The molecule has 1 heterocycles. The summed E-state index contributed by atoms with van der Waals surface area (Å²) in [6.45, 7) is 4.62. The summed E-state index contributed by atoms with van der Waals surface area (Å²) < 4.78 is 1.04. The van der Waals surface area contributed by atoms with Crippen LogP contribution in [0.1, 0.15) is 25.7 Å². The number of nitrogens with two attached hydrogens (primary N) is 1. The Labute approximate surface area is 118 Å². The van der Waals surface area contributed by atoms with Gasteiger partial charge in [-0.2, -0.15) is 0 Å². The molecule has 100 valence electrons. The summed E-state index contributed by atoms with van der Waals surface area (Å²) in [4.78, 5) is 2.56. The van der Waals surface area contributed by atoms with Crippen molar-refractivity contribution in [3.05, 3.63) is 22.7 Å². The van der Waals surface area contributed by atoms with Gasteiger partial charge in [-0.05, 0) is 60.1 Å². The number of nitrogens with zero attached hydrogens (tertiary/aromatic N) is 1. The van der Waals surface area contributed by atoms with E-state index in [1.165, 1.54) is 38.8 Å². The molecule has 0 aromatic heterocycles. The fraction of sp³-hybridized carbons (Fsp3) is 0.571. The van der Waals surface area contributed by atoms with Crippen molar-refractivity contribution in [1.29, 1.82) is 0 Å². The molecule has 0 aliphatic carbocycles. The first kappa shape index (κ1) is 13.7. The minimum Gasteiger partial charge on any atom is -0.399 e. The molecule has 1 fully saturated rings. The highest BCUT2D eigenvalue weighted by atomic mass is 79.9. The van der Waals surface area contributed by atoms with Gasteiger partial charge in [0.1, 0.15) is 0 Å². The van der Waals surface area contributed by atoms with Crippen LogP contribution in [0.2, 0.25) is 0 Å². The summed E-state index contributed by atoms with van der Waals surface area (Å²) in [6.07, 6.45) is 5.50. The molecule has 3 nitrogen and oxygen atoms in total. The van der Waals surface area contributed by atoms with E-state index in [1.807, 2.05) is 18.2 Å². The van der Waals surface area contributed by atoms with E-state index in [1.54, 1.807) is 0 Å². The van der Waals surface area contributed by atoms with Crippen molar-refractivity contribution in [2.24, 2.45) is 0 Å². The van der Waals surface area contributed by atoms with Crippen molar-refractivity contribution in [2.75, 3.05) is 37.2 Å². The zero-order valence-corrected chi connectivity index (χ0v) is 12.4. The molecular formula is C14H22BrN3. The van der Waals surface area contributed by atoms with Crippen molar-refractivity contribution < 1.29 is 0 Å². The Hall–Kier alpha value is -0.740. The Kier molecular flexibility index (Phi) is 5.32. The van der Waals surface area contributed by atoms with Crippen LogP contribution in [0.5, 0.6) is 0 Å². The molecule has 18 heavy (non-hydrogen) atoms. The van der Waals surface area contributed by atoms with E-state index < -0.39 is 0 Å². The Morgan fingerprint density at radius 3 is 2.56 bits per heavy atom. The molecule has 0 unspecified atom stereocenters. The average molecular weight is 312 g/mol. The lowest BCUT2D eigenvalue weighted by molar-refractivity contribution is 0.296. The number of hydrogen-bond acceptors (Lipinski definition) is 3. The smallest absolute Gasteiger partial charge is 0.0486 e. The second-order valence-electron chi connectivity index (χ2n) is 4.92. The minimum atomic E-state index is 0.792. The number of rotatable bonds is 4. The van der Waals surface area contributed by atoms with Crippen LogP contribution in [0.3, 0.4) is 0 Å². The highest BCUT2D eigenvalue weighted by Gasteiger charge is 2.08. The Morgan fingerprint density at radius 2 is 1.89 bits per heavy atom. The predicted molar refractivity (Wildman–Crippen MR) is 82.0 cm³/mol. The van der Waals surface area contributed by atoms with Gasteiger partial charge in [-0.1, -0.05) is 12.8 Å². The van der Waals surface area contributed by atoms with Crippen LogP contribution in [-0.4, -0.2) is 31.1 Å². The largest absolute Gasteiger partial charge is 0.399 e. The van der Waals surface area contributed by atoms with E-state index in [9.17, 15) is 0 Å². The number of halogens is 1. The monoisotopic (exact) mass is 311 g/mol. The molecule has 0 radical (unpaired) electrons. The number of hydrogen-bond donors (Lipinski definition) is 2.